The maximum Gasteiger partial charge on any atom is 0.209 e. The summed E-state index contributed by atoms with van der Waals surface area (Å²) in [5.41, 5.74) is -0.645. The zero-order valence-electron chi connectivity index (χ0n) is 15.5. The second-order valence-electron chi connectivity index (χ2n) is 6.18. The summed E-state index contributed by atoms with van der Waals surface area (Å²) in [5, 5.41) is 7.14. The van der Waals surface area contributed by atoms with E-state index in [4.69, 9.17) is 11.6 Å². The van der Waals surface area contributed by atoms with Crippen molar-refractivity contribution in [1.82, 2.24) is 15.4 Å². The first-order valence-electron chi connectivity index (χ1n) is 8.01. The van der Waals surface area contributed by atoms with Gasteiger partial charge in [-0.05, 0) is 45.0 Å². The predicted molar refractivity (Wildman–Crippen MR) is 124 cm³/mol. The second-order valence-corrected chi connectivity index (χ2v) is 9.54. The van der Waals surface area contributed by atoms with Crippen LogP contribution in [0.5, 0.6) is 0 Å². The van der Waals surface area contributed by atoms with E-state index in [0.717, 1.165) is 35.0 Å². The molecule has 0 aliphatic rings. The van der Waals surface area contributed by atoms with Crippen LogP contribution in [0.2, 0.25) is 5.02 Å². The lowest BCUT2D eigenvalue weighted by Crippen LogP contribution is -2.47. The fraction of sp³-hybridized carbons (Fsp3) is 0.562. The Balaban J connectivity index is 0.00000625. The first-order valence-corrected chi connectivity index (χ1v) is 11.3. The molecule has 0 unspecified atom stereocenters. The summed E-state index contributed by atoms with van der Waals surface area (Å²) in [5.74, 6) is 1.54. The molecule has 0 saturated heterocycles. The molecule has 0 heterocycles. The van der Waals surface area contributed by atoms with Crippen LogP contribution in [0.1, 0.15) is 20.8 Å². The van der Waals surface area contributed by atoms with Crippen LogP contribution in [0.15, 0.2) is 34.2 Å². The quantitative estimate of drug-likeness (QED) is 0.149. The number of hydrogen-bond donors (Lipinski definition) is 3. The summed E-state index contributed by atoms with van der Waals surface area (Å²) in [4.78, 5) is 5.63. The van der Waals surface area contributed by atoms with Gasteiger partial charge in [-0.2, -0.15) is 0 Å². The Kier molecular flexibility index (Phi) is 12.2. The summed E-state index contributed by atoms with van der Waals surface area (Å²) in [6.07, 6.45) is 1.15. The van der Waals surface area contributed by atoms with Crippen LogP contribution in [0, 0.1) is 0 Å². The number of hydrogen-bond acceptors (Lipinski definition) is 4. The lowest BCUT2D eigenvalue weighted by Gasteiger charge is -2.23. The fourth-order valence-corrected chi connectivity index (χ4v) is 3.98. The summed E-state index contributed by atoms with van der Waals surface area (Å²) in [6, 6.07) is 7.73. The zero-order chi connectivity index (χ0) is 18.9. The minimum absolute atomic E-state index is 0. The molecule has 0 aliphatic heterocycles. The lowest BCUT2D eigenvalue weighted by molar-refractivity contribution is 0.464. The van der Waals surface area contributed by atoms with Crippen molar-refractivity contribution in [3.05, 3.63) is 29.3 Å². The van der Waals surface area contributed by atoms with Gasteiger partial charge in [0.25, 0.3) is 0 Å². The van der Waals surface area contributed by atoms with Crippen LogP contribution < -0.4 is 15.4 Å². The van der Waals surface area contributed by atoms with E-state index >= 15 is 0 Å². The molecule has 0 spiro atoms. The lowest BCUT2D eigenvalue weighted by atomic mass is 10.1. The van der Waals surface area contributed by atoms with Crippen molar-refractivity contribution in [3.63, 3.8) is 0 Å². The van der Waals surface area contributed by atoms with Gasteiger partial charge in [0.2, 0.25) is 10.0 Å². The highest BCUT2D eigenvalue weighted by molar-refractivity contribution is 14.0. The number of nitrogens with one attached hydrogen (secondary N) is 3. The molecule has 0 atom stereocenters. The first kappa shape index (κ1) is 25.8. The third-order valence-electron chi connectivity index (χ3n) is 2.92. The van der Waals surface area contributed by atoms with Crippen LogP contribution >= 0.6 is 47.3 Å². The summed E-state index contributed by atoms with van der Waals surface area (Å²) in [7, 11) is -3.27. The van der Waals surface area contributed by atoms with Gasteiger partial charge >= 0.3 is 0 Å². The molecule has 1 aromatic rings. The molecule has 1 aromatic carbocycles. The minimum Gasteiger partial charge on any atom is -0.357 e. The Morgan fingerprint density at radius 2 is 1.85 bits per heavy atom. The van der Waals surface area contributed by atoms with Gasteiger partial charge in [0.15, 0.2) is 5.96 Å². The third kappa shape index (κ3) is 12.2. The van der Waals surface area contributed by atoms with Crippen molar-refractivity contribution in [3.8, 4) is 0 Å². The Hall–Kier alpha value is -0.230. The number of halogens is 2. The molecule has 0 bridgehead atoms. The van der Waals surface area contributed by atoms with Crippen LogP contribution in [0.4, 0.5) is 0 Å². The molecule has 150 valence electrons. The SMILES string of the molecule is CCNC(=NCC(C)(C)NS(C)(=O)=O)NCCSc1ccc(Cl)cc1.I. The van der Waals surface area contributed by atoms with Gasteiger partial charge in [-0.25, -0.2) is 13.1 Å². The molecule has 10 heteroatoms. The van der Waals surface area contributed by atoms with Gasteiger partial charge in [0.1, 0.15) is 0 Å². The van der Waals surface area contributed by atoms with E-state index in [1.54, 1.807) is 25.6 Å². The number of aliphatic imine (C=N–C) groups is 1. The second kappa shape index (κ2) is 12.3. The number of rotatable bonds is 9. The van der Waals surface area contributed by atoms with Gasteiger partial charge in [-0.3, -0.25) is 4.99 Å². The van der Waals surface area contributed by atoms with E-state index in [0.29, 0.717) is 12.5 Å². The monoisotopic (exact) mass is 534 g/mol. The molecular formula is C16H28ClIN4O2S2. The number of thioether (sulfide) groups is 1. The van der Waals surface area contributed by atoms with Crippen LogP contribution in [0.25, 0.3) is 0 Å². The van der Waals surface area contributed by atoms with Gasteiger partial charge in [-0.1, -0.05) is 11.6 Å². The van der Waals surface area contributed by atoms with E-state index < -0.39 is 15.6 Å². The molecule has 0 saturated carbocycles. The Labute approximate surface area is 183 Å². The van der Waals surface area contributed by atoms with E-state index in [2.05, 4.69) is 20.3 Å². The zero-order valence-corrected chi connectivity index (χ0v) is 20.2. The summed E-state index contributed by atoms with van der Waals surface area (Å²) < 4.78 is 25.3. The van der Waals surface area contributed by atoms with E-state index in [-0.39, 0.29) is 24.0 Å². The molecule has 1 rings (SSSR count). The fourth-order valence-electron chi connectivity index (χ4n) is 2.02. The number of benzene rings is 1. The molecule has 0 aliphatic carbocycles. The molecular weight excluding hydrogens is 507 g/mol. The average Bonchev–Trinajstić information content (AvgIpc) is 2.48. The maximum absolute atomic E-state index is 11.4. The third-order valence-corrected chi connectivity index (χ3v) is 5.10. The van der Waals surface area contributed by atoms with Crippen molar-refractivity contribution in [2.24, 2.45) is 4.99 Å². The topological polar surface area (TPSA) is 82.6 Å². The normalized spacial score (nSPS) is 12.4. The number of nitrogens with zero attached hydrogens (tertiary/aromatic N) is 1. The highest BCUT2D eigenvalue weighted by atomic mass is 127. The van der Waals surface area contributed by atoms with E-state index in [1.807, 2.05) is 31.2 Å². The van der Waals surface area contributed by atoms with Crippen LogP contribution in [-0.4, -0.2) is 51.6 Å². The van der Waals surface area contributed by atoms with Gasteiger partial charge in [0, 0.05) is 34.3 Å². The highest BCUT2D eigenvalue weighted by Crippen LogP contribution is 2.19. The molecule has 0 radical (unpaired) electrons. The Morgan fingerprint density at radius 1 is 1.23 bits per heavy atom. The van der Waals surface area contributed by atoms with Crippen molar-refractivity contribution >= 4 is 63.3 Å². The van der Waals surface area contributed by atoms with Crippen molar-refractivity contribution < 1.29 is 8.42 Å². The number of guanidine groups is 1. The summed E-state index contributed by atoms with van der Waals surface area (Å²) in [6.45, 7) is 7.39. The van der Waals surface area contributed by atoms with Gasteiger partial charge in [0.05, 0.1) is 12.8 Å². The van der Waals surface area contributed by atoms with E-state index in [1.165, 1.54) is 0 Å². The molecule has 0 fully saturated rings. The highest BCUT2D eigenvalue weighted by Gasteiger charge is 2.21. The van der Waals surface area contributed by atoms with Crippen molar-refractivity contribution in [1.29, 1.82) is 0 Å². The minimum atomic E-state index is -3.27. The average molecular weight is 535 g/mol. The molecule has 6 nitrogen and oxygen atoms in total. The molecule has 0 aromatic heterocycles. The summed E-state index contributed by atoms with van der Waals surface area (Å²) >= 11 is 7.60. The van der Waals surface area contributed by atoms with Crippen molar-refractivity contribution in [2.45, 2.75) is 31.2 Å². The predicted octanol–water partition coefficient (Wildman–Crippen LogP) is 2.93. The Morgan fingerprint density at radius 3 is 2.38 bits per heavy atom. The van der Waals surface area contributed by atoms with Gasteiger partial charge in [-0.15, -0.1) is 35.7 Å². The Bertz CT molecular complexity index is 667. The van der Waals surface area contributed by atoms with Crippen LogP contribution in [0.3, 0.4) is 0 Å². The van der Waals surface area contributed by atoms with Crippen molar-refractivity contribution in [2.75, 3.05) is 31.6 Å². The first-order chi connectivity index (χ1) is 11.6. The van der Waals surface area contributed by atoms with Crippen LogP contribution in [-0.2, 0) is 10.0 Å². The van der Waals surface area contributed by atoms with Gasteiger partial charge < -0.3 is 10.6 Å². The number of sulfonamides is 1. The smallest absolute Gasteiger partial charge is 0.209 e. The molecule has 26 heavy (non-hydrogen) atoms. The molecule has 0 amide bonds. The standard InChI is InChI=1S/C16H27ClN4O2S2.HI/c1-5-18-15(20-12-16(2,3)21-25(4,22)23)19-10-11-24-14-8-6-13(17)7-9-14;/h6-9,21H,5,10-12H2,1-4H3,(H2,18,19,20);1H. The largest absolute Gasteiger partial charge is 0.357 e. The molecule has 3 N–H and O–H groups in total. The maximum atomic E-state index is 11.4. The van der Waals surface area contributed by atoms with E-state index in [9.17, 15) is 8.42 Å².